The van der Waals surface area contributed by atoms with E-state index in [1.165, 1.54) is 5.19 Å². The van der Waals surface area contributed by atoms with Gasteiger partial charge in [-0.25, -0.2) is 0 Å². The van der Waals surface area contributed by atoms with E-state index >= 15 is 0 Å². The van der Waals surface area contributed by atoms with Crippen molar-refractivity contribution in [2.45, 2.75) is 39.4 Å². The molecule has 1 nitrogen and oxygen atoms in total. The van der Waals surface area contributed by atoms with Crippen molar-refractivity contribution in [2.24, 2.45) is 0 Å². The minimum atomic E-state index is -1.28. The number of pyridine rings is 1. The van der Waals surface area contributed by atoms with Crippen LogP contribution in [-0.4, -0.2) is 13.1 Å². The number of hydrogen-bond acceptors (Lipinski definition) is 1. The number of aromatic nitrogens is 1. The van der Waals surface area contributed by atoms with Crippen molar-refractivity contribution in [3.05, 3.63) is 48.2 Å². The highest BCUT2D eigenvalue weighted by molar-refractivity contribution is 6.88. The Balaban J connectivity index is 2.29. The van der Waals surface area contributed by atoms with Gasteiger partial charge in [0.2, 0.25) is 0 Å². The summed E-state index contributed by atoms with van der Waals surface area (Å²) in [6.45, 7) is 10.8. The van der Waals surface area contributed by atoms with Gasteiger partial charge in [-0.15, -0.1) is 0 Å². The fraction of sp³-hybridized carbons (Fsp3) is 0.353. The van der Waals surface area contributed by atoms with E-state index in [1.54, 1.807) is 0 Å². The monoisotopic (exact) mass is 270 g/mol. The molecule has 0 aliphatic heterocycles. The Hall–Kier alpha value is -1.41. The van der Waals surface area contributed by atoms with E-state index in [0.717, 1.165) is 16.8 Å². The van der Waals surface area contributed by atoms with E-state index < -0.39 is 14.0 Å². The van der Waals surface area contributed by atoms with Crippen LogP contribution in [-0.2, 0) is 0 Å². The first-order valence-corrected chi connectivity index (χ1v) is 10.3. The quantitative estimate of drug-likeness (QED) is 0.753. The highest BCUT2D eigenvalue weighted by Gasteiger charge is 2.16. The summed E-state index contributed by atoms with van der Waals surface area (Å²) in [6.07, 6.45) is 2.02. The Morgan fingerprint density at radius 2 is 1.63 bits per heavy atom. The van der Waals surface area contributed by atoms with Crippen LogP contribution in [0.1, 0.15) is 26.7 Å². The predicted octanol–water partition coefficient (Wildman–Crippen LogP) is 4.42. The van der Waals surface area contributed by atoms with Crippen LogP contribution in [0.3, 0.4) is 0 Å². The van der Waals surface area contributed by atoms with Gasteiger partial charge in [-0.2, -0.15) is 0 Å². The molecule has 0 fully saturated rings. The smallest absolute Gasteiger partial charge is 0.0796 e. The van der Waals surface area contributed by atoms with E-state index in [9.17, 15) is 0 Å². The van der Waals surface area contributed by atoms with Crippen LogP contribution in [0.4, 0.5) is 0 Å². The summed E-state index contributed by atoms with van der Waals surface area (Å²) < 4.78 is 8.03. The van der Waals surface area contributed by atoms with Crippen LogP contribution in [0, 0.1) is 0 Å². The maximum Gasteiger partial charge on any atom is 0.0796 e. The third-order valence-electron chi connectivity index (χ3n) is 3.39. The molecule has 19 heavy (non-hydrogen) atoms. The third-order valence-corrected chi connectivity index (χ3v) is 5.42. The van der Waals surface area contributed by atoms with Crippen molar-refractivity contribution < 1.29 is 1.37 Å². The second-order valence-corrected chi connectivity index (χ2v) is 11.3. The van der Waals surface area contributed by atoms with Gasteiger partial charge in [0.15, 0.2) is 0 Å². The van der Waals surface area contributed by atoms with Gasteiger partial charge in [0.1, 0.15) is 0 Å². The van der Waals surface area contributed by atoms with E-state index in [0.29, 0.717) is 0 Å². The second kappa shape index (κ2) is 5.30. The molecule has 0 atom stereocenters. The van der Waals surface area contributed by atoms with Crippen LogP contribution in [0.15, 0.2) is 42.6 Å². The van der Waals surface area contributed by atoms with Crippen LogP contribution in [0.2, 0.25) is 19.6 Å². The summed E-state index contributed by atoms with van der Waals surface area (Å²) in [5.41, 5.74) is 3.14. The zero-order chi connectivity index (χ0) is 15.0. The Kier molecular flexibility index (Phi) is 3.51. The summed E-state index contributed by atoms with van der Waals surface area (Å²) in [6, 6.07) is 12.5. The normalized spacial score (nSPS) is 13.2. The maximum atomic E-state index is 8.03. The Morgan fingerprint density at radius 3 is 2.05 bits per heavy atom. The molecule has 0 saturated heterocycles. The first-order valence-electron chi connectivity index (χ1n) is 7.25. The molecule has 1 heterocycles. The SMILES string of the molecule is [2H]C(C)(C)c1ccc(-c2ccc([Si](C)(C)C)cn2)cc1. The molecule has 2 heteroatoms. The van der Waals surface area contributed by atoms with Gasteiger partial charge in [-0.05, 0) is 22.7 Å². The van der Waals surface area contributed by atoms with E-state index in [1.807, 2.05) is 32.2 Å². The third kappa shape index (κ3) is 3.32. The average molecular weight is 270 g/mol. The van der Waals surface area contributed by atoms with Gasteiger partial charge in [-0.3, -0.25) is 4.98 Å². The first-order chi connectivity index (χ1) is 9.18. The lowest BCUT2D eigenvalue weighted by Crippen LogP contribution is -2.37. The summed E-state index contributed by atoms with van der Waals surface area (Å²) in [7, 11) is -1.28. The zero-order valence-corrected chi connectivity index (χ0v) is 13.5. The van der Waals surface area contributed by atoms with Crippen molar-refractivity contribution >= 4 is 13.3 Å². The minimum Gasteiger partial charge on any atom is -0.256 e. The molecule has 1 aromatic carbocycles. The molecule has 0 aliphatic rings. The molecule has 0 aliphatic carbocycles. The number of benzene rings is 1. The second-order valence-electron chi connectivity index (χ2n) is 6.26. The number of hydrogen-bond donors (Lipinski definition) is 0. The van der Waals surface area contributed by atoms with Gasteiger partial charge < -0.3 is 0 Å². The standard InChI is InChI=1S/C17H23NSi/c1-13(2)14-6-8-15(9-7-14)17-11-10-16(12-18-17)19(3,4)5/h6-13H,1-5H3/i13D. The molecule has 0 spiro atoms. The lowest BCUT2D eigenvalue weighted by atomic mass is 10.0. The van der Waals surface area contributed by atoms with Gasteiger partial charge in [0.25, 0.3) is 0 Å². The van der Waals surface area contributed by atoms with Gasteiger partial charge >= 0.3 is 0 Å². The summed E-state index contributed by atoms with van der Waals surface area (Å²) in [5, 5.41) is 1.38. The van der Waals surface area contributed by atoms with Crippen LogP contribution in [0.25, 0.3) is 11.3 Å². The van der Waals surface area contributed by atoms with Crippen molar-refractivity contribution in [3.63, 3.8) is 0 Å². The molecule has 2 rings (SSSR count). The Labute approximate surface area is 119 Å². The van der Waals surface area contributed by atoms with E-state index in [-0.39, 0.29) is 0 Å². The molecule has 0 amide bonds. The Bertz CT molecular complexity index is 519. The highest BCUT2D eigenvalue weighted by Crippen LogP contribution is 2.20. The zero-order valence-electron chi connectivity index (χ0n) is 13.5. The molecule has 0 unspecified atom stereocenters. The summed E-state index contributed by atoms with van der Waals surface area (Å²) in [5.74, 6) is -0.548. The van der Waals surface area contributed by atoms with Crippen molar-refractivity contribution in [1.82, 2.24) is 4.98 Å². The van der Waals surface area contributed by atoms with Crippen LogP contribution < -0.4 is 5.19 Å². The molecule has 1 aromatic heterocycles. The molecular formula is C17H23NSi. The van der Waals surface area contributed by atoms with Gasteiger partial charge in [-0.1, -0.05) is 63.8 Å². The van der Waals surface area contributed by atoms with Crippen molar-refractivity contribution in [3.8, 4) is 11.3 Å². The summed E-state index contributed by atoms with van der Waals surface area (Å²) in [4.78, 5) is 4.60. The topological polar surface area (TPSA) is 12.9 Å². The fourth-order valence-electron chi connectivity index (χ4n) is 1.98. The summed E-state index contributed by atoms with van der Waals surface area (Å²) >= 11 is 0. The van der Waals surface area contributed by atoms with Crippen molar-refractivity contribution in [2.75, 3.05) is 0 Å². The lowest BCUT2D eigenvalue weighted by molar-refractivity contribution is 0.867. The minimum absolute atomic E-state index is 0.548. The number of nitrogens with zero attached hydrogens (tertiary/aromatic N) is 1. The van der Waals surface area contributed by atoms with Crippen LogP contribution >= 0.6 is 0 Å². The molecule has 0 N–H and O–H groups in total. The Morgan fingerprint density at radius 1 is 1.00 bits per heavy atom. The van der Waals surface area contributed by atoms with Gasteiger partial charge in [0, 0.05) is 13.1 Å². The number of rotatable bonds is 3. The molecule has 0 bridgehead atoms. The average Bonchev–Trinajstić information content (AvgIpc) is 2.37. The first kappa shape index (κ1) is 12.6. The van der Waals surface area contributed by atoms with Crippen LogP contribution in [0.5, 0.6) is 0 Å². The lowest BCUT2D eigenvalue weighted by Gasteiger charge is -2.16. The molecule has 0 radical (unpaired) electrons. The fourth-order valence-corrected chi connectivity index (χ4v) is 3.02. The van der Waals surface area contributed by atoms with Gasteiger partial charge in [0.05, 0.1) is 13.8 Å². The van der Waals surface area contributed by atoms with E-state index in [4.69, 9.17) is 1.37 Å². The molecule has 2 aromatic rings. The predicted molar refractivity (Wildman–Crippen MR) is 86.7 cm³/mol. The molecular weight excluding hydrogens is 246 g/mol. The largest absolute Gasteiger partial charge is 0.256 e. The highest BCUT2D eigenvalue weighted by atomic mass is 28.3. The maximum absolute atomic E-state index is 8.03. The van der Waals surface area contributed by atoms with E-state index in [2.05, 4.69) is 48.9 Å². The van der Waals surface area contributed by atoms with Crippen molar-refractivity contribution in [1.29, 1.82) is 0 Å². The molecule has 0 saturated carbocycles. The molecule has 100 valence electrons.